The van der Waals surface area contributed by atoms with Crippen molar-refractivity contribution in [1.82, 2.24) is 14.8 Å². The normalized spacial score (nSPS) is 10.9. The van der Waals surface area contributed by atoms with E-state index < -0.39 is 5.91 Å². The van der Waals surface area contributed by atoms with Gasteiger partial charge in [0.15, 0.2) is 5.69 Å². The van der Waals surface area contributed by atoms with Crippen LogP contribution >= 0.6 is 0 Å². The summed E-state index contributed by atoms with van der Waals surface area (Å²) in [5, 5.41) is 5.20. The van der Waals surface area contributed by atoms with Crippen LogP contribution in [0.25, 0.3) is 10.9 Å². The number of benzene rings is 1. The quantitative estimate of drug-likeness (QED) is 0.744. The number of hydrogen-bond donors (Lipinski definition) is 2. The third kappa shape index (κ3) is 2.60. The highest BCUT2D eigenvalue weighted by atomic mass is 16.5. The summed E-state index contributed by atoms with van der Waals surface area (Å²) in [6.07, 6.45) is 4.39. The molecule has 1 amide bonds. The van der Waals surface area contributed by atoms with Crippen LogP contribution in [-0.2, 0) is 13.0 Å². The van der Waals surface area contributed by atoms with E-state index in [2.05, 4.69) is 16.1 Å². The molecule has 0 unspecified atom stereocenters. The van der Waals surface area contributed by atoms with Gasteiger partial charge in [0.1, 0.15) is 5.75 Å². The van der Waals surface area contributed by atoms with Gasteiger partial charge in [0, 0.05) is 35.9 Å². The standard InChI is InChI=1S/C15H15N4O2/c1-21-11-2-3-13-12(8-11)10(9-17-13)4-6-19-7-5-14(18-19)15(16)20/h2-3,7-9,17H,4,6H2,1H3,(H2,16,20). The molecule has 1 aromatic carbocycles. The van der Waals surface area contributed by atoms with Gasteiger partial charge in [-0.25, -0.2) is 0 Å². The van der Waals surface area contributed by atoms with Crippen molar-refractivity contribution >= 4 is 16.8 Å². The van der Waals surface area contributed by atoms with Gasteiger partial charge in [0.2, 0.25) is 0 Å². The Balaban J connectivity index is 1.79. The molecule has 0 spiro atoms. The lowest BCUT2D eigenvalue weighted by Crippen LogP contribution is -2.13. The van der Waals surface area contributed by atoms with Crippen LogP contribution in [0.1, 0.15) is 16.1 Å². The molecule has 1 radical (unpaired) electrons. The maximum atomic E-state index is 11.0. The Labute approximate surface area is 121 Å². The van der Waals surface area contributed by atoms with E-state index in [0.717, 1.165) is 23.1 Å². The lowest BCUT2D eigenvalue weighted by Gasteiger charge is -2.03. The van der Waals surface area contributed by atoms with Crippen molar-refractivity contribution in [2.75, 3.05) is 7.11 Å². The van der Waals surface area contributed by atoms with Gasteiger partial charge in [0.25, 0.3) is 5.91 Å². The number of H-pyrrole nitrogens is 1. The van der Waals surface area contributed by atoms with Gasteiger partial charge in [-0.3, -0.25) is 9.48 Å². The molecule has 3 aromatic rings. The number of nitrogens with zero attached hydrogens (tertiary/aromatic N) is 2. The third-order valence-electron chi connectivity index (χ3n) is 3.40. The molecule has 0 bridgehead atoms. The molecule has 2 heterocycles. The maximum Gasteiger partial charge on any atom is 0.269 e. The lowest BCUT2D eigenvalue weighted by atomic mass is 10.1. The van der Waals surface area contributed by atoms with Crippen LogP contribution in [0.3, 0.4) is 0 Å². The van der Waals surface area contributed by atoms with E-state index in [1.54, 1.807) is 18.0 Å². The number of nitrogens with two attached hydrogens (primary N) is 1. The molecule has 6 nitrogen and oxygen atoms in total. The van der Waals surface area contributed by atoms with Gasteiger partial charge in [-0.05, 0) is 30.2 Å². The van der Waals surface area contributed by atoms with Gasteiger partial charge in [-0.2, -0.15) is 5.10 Å². The van der Waals surface area contributed by atoms with Crippen LogP contribution < -0.4 is 10.5 Å². The Morgan fingerprint density at radius 3 is 3.10 bits per heavy atom. The minimum atomic E-state index is -0.564. The largest absolute Gasteiger partial charge is 0.497 e. The van der Waals surface area contributed by atoms with Crippen molar-refractivity contribution < 1.29 is 9.53 Å². The molecule has 3 rings (SSSR count). The fourth-order valence-corrected chi connectivity index (χ4v) is 2.28. The summed E-state index contributed by atoms with van der Waals surface area (Å²) >= 11 is 0. The first-order valence-corrected chi connectivity index (χ1v) is 6.56. The van der Waals surface area contributed by atoms with E-state index in [4.69, 9.17) is 10.5 Å². The molecule has 0 aliphatic carbocycles. The van der Waals surface area contributed by atoms with Gasteiger partial charge >= 0.3 is 0 Å². The first-order valence-electron chi connectivity index (χ1n) is 6.56. The van der Waals surface area contributed by atoms with Gasteiger partial charge in [-0.1, -0.05) is 0 Å². The molecular weight excluding hydrogens is 268 g/mol. The van der Waals surface area contributed by atoms with Crippen molar-refractivity contribution in [3.63, 3.8) is 0 Å². The Morgan fingerprint density at radius 2 is 2.38 bits per heavy atom. The topological polar surface area (TPSA) is 85.9 Å². The third-order valence-corrected chi connectivity index (χ3v) is 3.40. The number of carbonyl (C=O) groups is 1. The highest BCUT2D eigenvalue weighted by Crippen LogP contribution is 2.24. The number of methoxy groups -OCH3 is 1. The first kappa shape index (κ1) is 13.2. The second-order valence-corrected chi connectivity index (χ2v) is 4.72. The number of amides is 1. The number of primary amides is 1. The fraction of sp³-hybridized carbons (Fsp3) is 0.200. The molecule has 2 aromatic heterocycles. The summed E-state index contributed by atoms with van der Waals surface area (Å²) in [5.74, 6) is 0.261. The predicted octanol–water partition coefficient (Wildman–Crippen LogP) is 1.51. The van der Waals surface area contributed by atoms with Gasteiger partial charge < -0.3 is 15.5 Å². The maximum absolute atomic E-state index is 11.0. The Hall–Kier alpha value is -2.76. The molecule has 0 aliphatic rings. The molecule has 107 valence electrons. The highest BCUT2D eigenvalue weighted by Gasteiger charge is 2.08. The average Bonchev–Trinajstić information content (AvgIpc) is 3.11. The number of aromatic nitrogens is 3. The Morgan fingerprint density at radius 1 is 1.52 bits per heavy atom. The van der Waals surface area contributed by atoms with E-state index in [1.165, 1.54) is 5.56 Å². The van der Waals surface area contributed by atoms with Crippen LogP contribution in [0, 0.1) is 6.07 Å². The molecule has 0 fully saturated rings. The number of aryl methyl sites for hydroxylation is 2. The van der Waals surface area contributed by atoms with Crippen LogP contribution in [0.2, 0.25) is 0 Å². The van der Waals surface area contributed by atoms with E-state index in [9.17, 15) is 4.79 Å². The molecule has 6 heteroatoms. The number of fused-ring (bicyclic) bond motifs is 1. The smallest absolute Gasteiger partial charge is 0.269 e. The molecule has 3 N–H and O–H groups in total. The zero-order valence-corrected chi connectivity index (χ0v) is 11.6. The van der Waals surface area contributed by atoms with E-state index in [-0.39, 0.29) is 5.69 Å². The summed E-state index contributed by atoms with van der Waals surface area (Å²) in [7, 11) is 1.65. The molecule has 0 atom stereocenters. The molecule has 21 heavy (non-hydrogen) atoms. The minimum absolute atomic E-state index is 0.163. The van der Waals surface area contributed by atoms with Crippen molar-refractivity contribution in [2.24, 2.45) is 5.73 Å². The zero-order chi connectivity index (χ0) is 14.8. The molecular formula is C15H15N4O2. The number of rotatable bonds is 5. The number of hydrogen-bond acceptors (Lipinski definition) is 3. The summed E-state index contributed by atoms with van der Waals surface area (Å²) in [6.45, 7) is 0.647. The van der Waals surface area contributed by atoms with Crippen molar-refractivity contribution in [3.8, 4) is 5.75 Å². The van der Waals surface area contributed by atoms with Gasteiger partial charge in [-0.15, -0.1) is 0 Å². The Kier molecular flexibility index (Phi) is 3.35. The molecule has 0 saturated heterocycles. The summed E-state index contributed by atoms with van der Waals surface area (Å²) < 4.78 is 6.92. The Bertz CT molecular complexity index is 788. The second kappa shape index (κ2) is 5.32. The fourth-order valence-electron chi connectivity index (χ4n) is 2.28. The number of aromatic amines is 1. The van der Waals surface area contributed by atoms with Crippen LogP contribution in [0.4, 0.5) is 0 Å². The van der Waals surface area contributed by atoms with Crippen LogP contribution in [0.15, 0.2) is 30.6 Å². The number of carbonyl (C=O) groups excluding carboxylic acids is 1. The van der Waals surface area contributed by atoms with Crippen molar-refractivity contribution in [1.29, 1.82) is 0 Å². The molecule has 0 saturated carbocycles. The number of nitrogens with one attached hydrogen (secondary N) is 1. The average molecular weight is 283 g/mol. The van der Waals surface area contributed by atoms with E-state index >= 15 is 0 Å². The second-order valence-electron chi connectivity index (χ2n) is 4.72. The molecule has 0 aliphatic heterocycles. The number of ether oxygens (including phenoxy) is 1. The van der Waals surface area contributed by atoms with Crippen LogP contribution in [-0.4, -0.2) is 27.8 Å². The van der Waals surface area contributed by atoms with E-state index in [0.29, 0.717) is 6.54 Å². The summed E-state index contributed by atoms with van der Waals surface area (Å²) in [4.78, 5) is 14.2. The zero-order valence-electron chi connectivity index (χ0n) is 11.6. The highest BCUT2D eigenvalue weighted by molar-refractivity contribution is 5.90. The summed E-state index contributed by atoms with van der Waals surface area (Å²) in [5.41, 5.74) is 7.55. The van der Waals surface area contributed by atoms with Crippen molar-refractivity contribution in [2.45, 2.75) is 13.0 Å². The van der Waals surface area contributed by atoms with Crippen molar-refractivity contribution in [3.05, 3.63) is 47.9 Å². The monoisotopic (exact) mass is 283 g/mol. The lowest BCUT2D eigenvalue weighted by molar-refractivity contribution is 0.0994. The summed E-state index contributed by atoms with van der Waals surface area (Å²) in [6, 6.07) is 8.66. The van der Waals surface area contributed by atoms with E-state index in [1.807, 2.05) is 24.4 Å². The first-order chi connectivity index (χ1) is 10.2. The predicted molar refractivity (Wildman–Crippen MR) is 78.1 cm³/mol. The minimum Gasteiger partial charge on any atom is -0.497 e. The van der Waals surface area contributed by atoms with Gasteiger partial charge in [0.05, 0.1) is 7.11 Å². The van der Waals surface area contributed by atoms with Crippen LogP contribution in [0.5, 0.6) is 5.75 Å². The SMILES string of the molecule is COc1ccc2[nH]cc(CCn3c[c]c(C(N)=O)n3)c2c1.